The van der Waals surface area contributed by atoms with E-state index < -0.39 is 5.24 Å². The summed E-state index contributed by atoms with van der Waals surface area (Å²) < 4.78 is 10.5. The zero-order valence-corrected chi connectivity index (χ0v) is 11.4. The zero-order valence-electron chi connectivity index (χ0n) is 10.6. The molecule has 2 rings (SSSR count). The number of benzene rings is 2. The summed E-state index contributed by atoms with van der Waals surface area (Å²) in [7, 11) is 3.19. The van der Waals surface area contributed by atoms with Crippen molar-refractivity contribution in [2.75, 3.05) is 14.2 Å². The lowest BCUT2D eigenvalue weighted by Gasteiger charge is -2.09. The first kappa shape index (κ1) is 13.4. The Kier molecular flexibility index (Phi) is 4.07. The van der Waals surface area contributed by atoms with Crippen molar-refractivity contribution in [3.8, 4) is 22.6 Å². The van der Waals surface area contributed by atoms with Crippen LogP contribution in [0.1, 0.15) is 10.4 Å². The first-order chi connectivity index (χ1) is 9.15. The van der Waals surface area contributed by atoms with Gasteiger partial charge in [0.2, 0.25) is 0 Å². The second kappa shape index (κ2) is 5.76. The van der Waals surface area contributed by atoms with Crippen LogP contribution < -0.4 is 9.47 Å². The van der Waals surface area contributed by atoms with Gasteiger partial charge in [-0.15, -0.1) is 0 Å². The number of hydrogen-bond donors (Lipinski definition) is 0. The minimum atomic E-state index is -0.459. The third-order valence-electron chi connectivity index (χ3n) is 2.83. The van der Waals surface area contributed by atoms with E-state index in [-0.39, 0.29) is 0 Å². The molecule has 0 unspecified atom stereocenters. The number of rotatable bonds is 4. The van der Waals surface area contributed by atoms with Crippen LogP contribution in [0, 0.1) is 0 Å². The Morgan fingerprint density at radius 2 is 1.47 bits per heavy atom. The van der Waals surface area contributed by atoms with E-state index >= 15 is 0 Å². The SMILES string of the molecule is COc1ccc(-c2ccc(C(=O)Cl)cc2)cc1OC. The number of carbonyl (C=O) groups is 1. The molecule has 2 aromatic rings. The van der Waals surface area contributed by atoms with Crippen molar-refractivity contribution in [2.24, 2.45) is 0 Å². The monoisotopic (exact) mass is 276 g/mol. The Balaban J connectivity index is 2.38. The van der Waals surface area contributed by atoms with E-state index in [0.717, 1.165) is 11.1 Å². The van der Waals surface area contributed by atoms with Crippen molar-refractivity contribution >= 4 is 16.8 Å². The molecule has 0 N–H and O–H groups in total. The van der Waals surface area contributed by atoms with Gasteiger partial charge < -0.3 is 9.47 Å². The molecule has 0 aliphatic heterocycles. The van der Waals surface area contributed by atoms with Crippen molar-refractivity contribution < 1.29 is 14.3 Å². The van der Waals surface area contributed by atoms with Gasteiger partial charge in [0, 0.05) is 5.56 Å². The minimum absolute atomic E-state index is 0.459. The van der Waals surface area contributed by atoms with E-state index in [1.54, 1.807) is 26.4 Å². The molecule has 0 amide bonds. The van der Waals surface area contributed by atoms with Crippen LogP contribution in [0.25, 0.3) is 11.1 Å². The highest BCUT2D eigenvalue weighted by molar-refractivity contribution is 6.67. The number of hydrogen-bond acceptors (Lipinski definition) is 3. The summed E-state index contributed by atoms with van der Waals surface area (Å²) in [5, 5.41) is -0.459. The molecule has 0 atom stereocenters. The standard InChI is InChI=1S/C15H13ClO3/c1-18-13-8-7-12(9-14(13)19-2)10-3-5-11(6-4-10)15(16)17/h3-9H,1-2H3. The van der Waals surface area contributed by atoms with Crippen LogP contribution in [0.4, 0.5) is 0 Å². The summed E-state index contributed by atoms with van der Waals surface area (Å²) >= 11 is 5.41. The largest absolute Gasteiger partial charge is 0.493 e. The van der Waals surface area contributed by atoms with Crippen molar-refractivity contribution in [1.29, 1.82) is 0 Å². The second-order valence-electron chi connectivity index (χ2n) is 3.92. The van der Waals surface area contributed by atoms with Gasteiger partial charge in [0.25, 0.3) is 5.24 Å². The third-order valence-corrected chi connectivity index (χ3v) is 3.05. The molecule has 0 saturated carbocycles. The molecule has 19 heavy (non-hydrogen) atoms. The number of methoxy groups -OCH3 is 2. The molecule has 4 heteroatoms. The zero-order chi connectivity index (χ0) is 13.8. The summed E-state index contributed by atoms with van der Waals surface area (Å²) in [5.41, 5.74) is 2.43. The summed E-state index contributed by atoms with van der Waals surface area (Å²) in [6, 6.07) is 12.7. The van der Waals surface area contributed by atoms with Gasteiger partial charge in [0.05, 0.1) is 14.2 Å². The van der Waals surface area contributed by atoms with Gasteiger partial charge in [-0.05, 0) is 47.0 Å². The number of ether oxygens (including phenoxy) is 2. The van der Waals surface area contributed by atoms with E-state index in [1.807, 2.05) is 30.3 Å². The Morgan fingerprint density at radius 3 is 2.00 bits per heavy atom. The minimum Gasteiger partial charge on any atom is -0.493 e. The smallest absolute Gasteiger partial charge is 0.252 e. The van der Waals surface area contributed by atoms with Gasteiger partial charge in [-0.25, -0.2) is 0 Å². The van der Waals surface area contributed by atoms with Gasteiger partial charge >= 0.3 is 0 Å². The third kappa shape index (κ3) is 2.88. The molecule has 0 aliphatic rings. The van der Waals surface area contributed by atoms with Crippen LogP contribution in [0.5, 0.6) is 11.5 Å². The van der Waals surface area contributed by atoms with Crippen LogP contribution in [-0.2, 0) is 0 Å². The van der Waals surface area contributed by atoms with Gasteiger partial charge in [-0.1, -0.05) is 18.2 Å². The predicted molar refractivity (Wildman–Crippen MR) is 75.2 cm³/mol. The van der Waals surface area contributed by atoms with Crippen LogP contribution >= 0.6 is 11.6 Å². The number of halogens is 1. The molecule has 0 saturated heterocycles. The normalized spacial score (nSPS) is 10.1. The molecule has 98 valence electrons. The van der Waals surface area contributed by atoms with E-state index in [4.69, 9.17) is 21.1 Å². The lowest BCUT2D eigenvalue weighted by molar-refractivity contribution is 0.108. The lowest BCUT2D eigenvalue weighted by Crippen LogP contribution is -1.91. The van der Waals surface area contributed by atoms with E-state index in [1.165, 1.54) is 0 Å². The highest BCUT2D eigenvalue weighted by Crippen LogP contribution is 2.32. The maximum absolute atomic E-state index is 11.0. The molecule has 3 nitrogen and oxygen atoms in total. The summed E-state index contributed by atoms with van der Waals surface area (Å²) in [6.07, 6.45) is 0. The fourth-order valence-corrected chi connectivity index (χ4v) is 1.94. The molecular formula is C15H13ClO3. The highest BCUT2D eigenvalue weighted by atomic mass is 35.5. The molecule has 0 heterocycles. The Bertz CT molecular complexity index is 591. The van der Waals surface area contributed by atoms with Gasteiger partial charge in [-0.3, -0.25) is 4.79 Å². The Hall–Kier alpha value is -2.00. The van der Waals surface area contributed by atoms with Crippen LogP contribution in [0.3, 0.4) is 0 Å². The molecule has 0 radical (unpaired) electrons. The van der Waals surface area contributed by atoms with Crippen LogP contribution in [0.2, 0.25) is 0 Å². The quantitative estimate of drug-likeness (QED) is 0.798. The highest BCUT2D eigenvalue weighted by Gasteiger charge is 2.07. The predicted octanol–water partition coefficient (Wildman–Crippen LogP) is 3.75. The Labute approximate surface area is 116 Å². The van der Waals surface area contributed by atoms with Gasteiger partial charge in [0.1, 0.15) is 0 Å². The maximum atomic E-state index is 11.0. The van der Waals surface area contributed by atoms with Crippen LogP contribution in [-0.4, -0.2) is 19.5 Å². The first-order valence-corrected chi connectivity index (χ1v) is 6.06. The molecule has 0 aromatic heterocycles. The summed E-state index contributed by atoms with van der Waals surface area (Å²) in [5.74, 6) is 1.34. The average Bonchev–Trinajstić information content (AvgIpc) is 2.46. The molecule has 0 spiro atoms. The molecule has 0 aliphatic carbocycles. The van der Waals surface area contributed by atoms with Crippen molar-refractivity contribution in [2.45, 2.75) is 0 Å². The van der Waals surface area contributed by atoms with Gasteiger partial charge in [0.15, 0.2) is 11.5 Å². The Morgan fingerprint density at radius 1 is 0.895 bits per heavy atom. The lowest BCUT2D eigenvalue weighted by atomic mass is 10.0. The molecule has 2 aromatic carbocycles. The fraction of sp³-hybridized carbons (Fsp3) is 0.133. The molecule has 0 fully saturated rings. The van der Waals surface area contributed by atoms with Crippen molar-refractivity contribution in [3.05, 3.63) is 48.0 Å². The summed E-state index contributed by atoms with van der Waals surface area (Å²) in [4.78, 5) is 11.0. The average molecular weight is 277 g/mol. The van der Waals surface area contributed by atoms with E-state index in [0.29, 0.717) is 17.1 Å². The fourth-order valence-electron chi connectivity index (χ4n) is 1.81. The summed E-state index contributed by atoms with van der Waals surface area (Å²) in [6.45, 7) is 0. The molecule has 0 bridgehead atoms. The maximum Gasteiger partial charge on any atom is 0.252 e. The van der Waals surface area contributed by atoms with Crippen LogP contribution in [0.15, 0.2) is 42.5 Å². The van der Waals surface area contributed by atoms with Gasteiger partial charge in [-0.2, -0.15) is 0 Å². The van der Waals surface area contributed by atoms with Crippen molar-refractivity contribution in [1.82, 2.24) is 0 Å². The molecular weight excluding hydrogens is 264 g/mol. The van der Waals surface area contributed by atoms with E-state index in [2.05, 4.69) is 0 Å². The van der Waals surface area contributed by atoms with E-state index in [9.17, 15) is 4.79 Å². The first-order valence-electron chi connectivity index (χ1n) is 5.68. The topological polar surface area (TPSA) is 35.5 Å². The second-order valence-corrected chi connectivity index (χ2v) is 4.26. The van der Waals surface area contributed by atoms with Crippen molar-refractivity contribution in [3.63, 3.8) is 0 Å². The number of carbonyl (C=O) groups excluding carboxylic acids is 1.